The first-order chi connectivity index (χ1) is 14.7. The predicted octanol–water partition coefficient (Wildman–Crippen LogP) is 5.34. The highest BCUT2D eigenvalue weighted by molar-refractivity contribution is 14.1. The molecule has 4 rings (SSSR count). The highest BCUT2D eigenvalue weighted by Gasteiger charge is 2.47. The molecule has 0 radical (unpaired) electrons. The Kier molecular flexibility index (Phi) is 8.83. The largest absolute Gasteiger partial charge is 0.376 e. The molecule has 0 amide bonds. The van der Waals surface area contributed by atoms with Crippen molar-refractivity contribution in [3.05, 3.63) is 71.8 Å². The van der Waals surface area contributed by atoms with Crippen LogP contribution in [0.15, 0.2) is 60.7 Å². The fourth-order valence-electron chi connectivity index (χ4n) is 4.02. The van der Waals surface area contributed by atoms with E-state index in [2.05, 4.69) is 69.4 Å². The van der Waals surface area contributed by atoms with Crippen LogP contribution in [0, 0.1) is 0 Å². The van der Waals surface area contributed by atoms with E-state index in [-0.39, 0.29) is 24.4 Å². The highest BCUT2D eigenvalue weighted by atomic mass is 127. The van der Waals surface area contributed by atoms with Gasteiger partial charge in [0.15, 0.2) is 0 Å². The van der Waals surface area contributed by atoms with Gasteiger partial charge in [-0.1, -0.05) is 106 Å². The van der Waals surface area contributed by atoms with Crippen molar-refractivity contribution in [2.75, 3.05) is 13.2 Å². The molecule has 0 aromatic heterocycles. The summed E-state index contributed by atoms with van der Waals surface area (Å²) in [6.07, 6.45) is 2.74. The molecular formula is C24H28I2O4. The Morgan fingerprint density at radius 1 is 0.700 bits per heavy atom. The van der Waals surface area contributed by atoms with Gasteiger partial charge in [-0.3, -0.25) is 0 Å². The monoisotopic (exact) mass is 634 g/mol. The van der Waals surface area contributed by atoms with Crippen LogP contribution in [0.5, 0.6) is 0 Å². The molecule has 2 fully saturated rings. The molecule has 0 saturated carbocycles. The van der Waals surface area contributed by atoms with Crippen molar-refractivity contribution >= 4 is 45.2 Å². The number of benzene rings is 2. The molecule has 0 unspecified atom stereocenters. The molecular weight excluding hydrogens is 606 g/mol. The topological polar surface area (TPSA) is 36.9 Å². The maximum atomic E-state index is 6.35. The molecule has 2 heterocycles. The third-order valence-corrected chi connectivity index (χ3v) is 7.95. The fourth-order valence-corrected chi connectivity index (χ4v) is 5.45. The van der Waals surface area contributed by atoms with Crippen LogP contribution < -0.4 is 0 Å². The normalized spacial score (nSPS) is 27.7. The quantitative estimate of drug-likeness (QED) is 0.262. The molecule has 0 aliphatic carbocycles. The summed E-state index contributed by atoms with van der Waals surface area (Å²) in [6, 6.07) is 20.6. The lowest BCUT2D eigenvalue weighted by molar-refractivity contribution is 0.0208. The van der Waals surface area contributed by atoms with Crippen LogP contribution in [0.3, 0.4) is 0 Å². The van der Waals surface area contributed by atoms with E-state index in [1.165, 1.54) is 11.1 Å². The lowest BCUT2D eigenvalue weighted by Gasteiger charge is -2.22. The summed E-state index contributed by atoms with van der Waals surface area (Å²) in [6.45, 7) is 2.70. The minimum absolute atomic E-state index is 0.206. The average Bonchev–Trinajstić information content (AvgIpc) is 3.35. The first-order valence-corrected chi connectivity index (χ1v) is 13.0. The van der Waals surface area contributed by atoms with Crippen molar-refractivity contribution in [3.63, 3.8) is 0 Å². The van der Waals surface area contributed by atoms with Gasteiger partial charge in [-0.2, -0.15) is 0 Å². The Hall–Kier alpha value is -0.260. The first kappa shape index (κ1) is 22.9. The second kappa shape index (κ2) is 11.6. The molecule has 4 nitrogen and oxygen atoms in total. The Labute approximate surface area is 206 Å². The maximum absolute atomic E-state index is 6.35. The summed E-state index contributed by atoms with van der Waals surface area (Å²) in [4.78, 5) is 0. The number of alkyl halides is 2. The van der Waals surface area contributed by atoms with Crippen molar-refractivity contribution in [2.45, 2.75) is 58.3 Å². The summed E-state index contributed by atoms with van der Waals surface area (Å²) in [5.74, 6) is 0. The van der Waals surface area contributed by atoms with E-state index in [0.717, 1.165) is 12.8 Å². The minimum atomic E-state index is 0.206. The molecule has 0 spiro atoms. The van der Waals surface area contributed by atoms with Crippen LogP contribution in [0.1, 0.15) is 24.0 Å². The average molecular weight is 634 g/mol. The van der Waals surface area contributed by atoms with E-state index < -0.39 is 0 Å². The molecule has 30 heavy (non-hydrogen) atoms. The first-order valence-electron chi connectivity index (χ1n) is 10.5. The van der Waals surface area contributed by atoms with Gasteiger partial charge in [-0.15, -0.1) is 0 Å². The molecule has 6 atom stereocenters. The highest BCUT2D eigenvalue weighted by Crippen LogP contribution is 2.39. The second-order valence-electron chi connectivity index (χ2n) is 7.93. The Morgan fingerprint density at radius 3 is 1.50 bits per heavy atom. The summed E-state index contributed by atoms with van der Waals surface area (Å²) in [7, 11) is 0. The van der Waals surface area contributed by atoms with Gasteiger partial charge in [0.1, 0.15) is 0 Å². The number of fused-ring (bicyclic) bond motifs is 1. The molecule has 2 aliphatic rings. The lowest BCUT2D eigenvalue weighted by atomic mass is 10.1. The maximum Gasteiger partial charge on any atom is 0.0867 e. The Morgan fingerprint density at radius 2 is 1.10 bits per heavy atom. The second-order valence-corrected chi connectivity index (χ2v) is 11.1. The Bertz CT molecular complexity index is 683. The van der Waals surface area contributed by atoms with E-state index in [0.29, 0.717) is 34.3 Å². The van der Waals surface area contributed by atoms with Gasteiger partial charge in [0, 0.05) is 12.8 Å². The van der Waals surface area contributed by atoms with E-state index in [1.54, 1.807) is 0 Å². The van der Waals surface area contributed by atoms with Crippen LogP contribution in [0.2, 0.25) is 0 Å². The summed E-state index contributed by atoms with van der Waals surface area (Å²) >= 11 is 4.92. The van der Waals surface area contributed by atoms with Crippen LogP contribution in [0.25, 0.3) is 0 Å². The van der Waals surface area contributed by atoms with Gasteiger partial charge in [-0.05, 0) is 11.1 Å². The number of rotatable bonds is 10. The van der Waals surface area contributed by atoms with Gasteiger partial charge < -0.3 is 18.9 Å². The molecule has 0 N–H and O–H groups in total. The van der Waals surface area contributed by atoms with Crippen LogP contribution in [-0.4, -0.2) is 45.5 Å². The number of ether oxygens (including phenoxy) is 4. The number of hydrogen-bond donors (Lipinski definition) is 0. The predicted molar refractivity (Wildman–Crippen MR) is 134 cm³/mol. The minimum Gasteiger partial charge on any atom is -0.376 e. The van der Waals surface area contributed by atoms with Crippen LogP contribution >= 0.6 is 45.2 Å². The summed E-state index contributed by atoms with van der Waals surface area (Å²) in [5.41, 5.74) is 2.41. The van der Waals surface area contributed by atoms with Gasteiger partial charge in [0.25, 0.3) is 0 Å². The molecule has 2 aromatic rings. The van der Waals surface area contributed by atoms with Crippen molar-refractivity contribution < 1.29 is 18.9 Å². The van der Waals surface area contributed by atoms with E-state index in [1.807, 2.05) is 36.4 Å². The molecule has 0 bridgehead atoms. The van der Waals surface area contributed by atoms with E-state index in [9.17, 15) is 0 Å². The molecule has 2 aliphatic heterocycles. The molecule has 2 saturated heterocycles. The van der Waals surface area contributed by atoms with Gasteiger partial charge in [-0.25, -0.2) is 0 Å². The summed E-state index contributed by atoms with van der Waals surface area (Å²) < 4.78 is 25.2. The Balaban J connectivity index is 1.14. The van der Waals surface area contributed by atoms with Crippen molar-refractivity contribution in [3.8, 4) is 0 Å². The zero-order chi connectivity index (χ0) is 20.8. The van der Waals surface area contributed by atoms with Gasteiger partial charge in [0.2, 0.25) is 0 Å². The summed E-state index contributed by atoms with van der Waals surface area (Å²) in [5, 5.41) is 0. The van der Waals surface area contributed by atoms with E-state index in [4.69, 9.17) is 18.9 Å². The fraction of sp³-hybridized carbons (Fsp3) is 0.500. The standard InChI is InChI=1S/C24H28I2O4/c25-19(15-27-13-17-7-3-1-4-8-17)21-11-23-24(29-21)12-22(30-23)20(26)16-28-14-18-9-5-2-6-10-18/h1-10,19-24H,11-16H2/t19-,20-,21-,22-,23+,24+/m1/s1. The third-order valence-electron chi connectivity index (χ3n) is 5.63. The van der Waals surface area contributed by atoms with Crippen molar-refractivity contribution in [1.82, 2.24) is 0 Å². The molecule has 2 aromatic carbocycles. The van der Waals surface area contributed by atoms with Crippen LogP contribution in [0.4, 0.5) is 0 Å². The van der Waals surface area contributed by atoms with Gasteiger partial charge in [0.05, 0.1) is 58.7 Å². The molecule has 162 valence electrons. The third kappa shape index (κ3) is 6.38. The zero-order valence-electron chi connectivity index (χ0n) is 16.9. The van der Waals surface area contributed by atoms with Gasteiger partial charge >= 0.3 is 0 Å². The van der Waals surface area contributed by atoms with Crippen LogP contribution in [-0.2, 0) is 32.2 Å². The number of halogens is 2. The van der Waals surface area contributed by atoms with Crippen molar-refractivity contribution in [2.24, 2.45) is 0 Å². The van der Waals surface area contributed by atoms with Crippen molar-refractivity contribution in [1.29, 1.82) is 0 Å². The number of hydrogen-bond acceptors (Lipinski definition) is 4. The SMILES string of the molecule is I[C@H](COCc1ccccc1)[C@H]1C[C@@H]2O[C@@H]([C@H](I)COCc3ccccc3)C[C@@H]2O1. The molecule has 6 heteroatoms. The lowest BCUT2D eigenvalue weighted by Crippen LogP contribution is -2.30. The van der Waals surface area contributed by atoms with E-state index >= 15 is 0 Å². The smallest absolute Gasteiger partial charge is 0.0867 e. The zero-order valence-corrected chi connectivity index (χ0v) is 21.2.